The quantitative estimate of drug-likeness (QED) is 0.461. The maximum absolute atomic E-state index is 11.2. The van der Waals surface area contributed by atoms with Crippen molar-refractivity contribution in [3.63, 3.8) is 0 Å². The lowest BCUT2D eigenvalue weighted by Gasteiger charge is -2.14. The van der Waals surface area contributed by atoms with Crippen molar-refractivity contribution in [1.29, 1.82) is 0 Å². The van der Waals surface area contributed by atoms with Gasteiger partial charge in [0.1, 0.15) is 0 Å². The average molecular weight is 203 g/mol. The van der Waals surface area contributed by atoms with E-state index in [-0.39, 0.29) is 0 Å². The Kier molecular flexibility index (Phi) is 5.87. The van der Waals surface area contributed by atoms with E-state index >= 15 is 0 Å². The van der Waals surface area contributed by atoms with E-state index in [9.17, 15) is 9.59 Å². The van der Waals surface area contributed by atoms with Gasteiger partial charge in [-0.3, -0.25) is 9.59 Å². The van der Waals surface area contributed by atoms with E-state index in [4.69, 9.17) is 0 Å². The second kappa shape index (κ2) is 6.37. The maximum atomic E-state index is 11.2. The van der Waals surface area contributed by atoms with E-state index in [1.807, 2.05) is 19.0 Å². The SMILES string of the molecule is COC(=O)C(CCN(C)C)C(=O)OC. The second-order valence-electron chi connectivity index (χ2n) is 3.19. The van der Waals surface area contributed by atoms with Crippen LogP contribution < -0.4 is 0 Å². The predicted molar refractivity (Wildman–Crippen MR) is 50.7 cm³/mol. The molecular formula is C9H17NO4. The number of rotatable bonds is 5. The topological polar surface area (TPSA) is 55.8 Å². The van der Waals surface area contributed by atoms with Crippen LogP contribution in [-0.4, -0.2) is 51.7 Å². The van der Waals surface area contributed by atoms with Crippen molar-refractivity contribution >= 4 is 11.9 Å². The molecule has 0 aliphatic heterocycles. The number of ether oxygens (including phenoxy) is 2. The van der Waals surface area contributed by atoms with E-state index in [2.05, 4.69) is 9.47 Å². The Bertz CT molecular complexity index is 187. The minimum Gasteiger partial charge on any atom is -0.468 e. The summed E-state index contributed by atoms with van der Waals surface area (Å²) in [5.41, 5.74) is 0. The zero-order chi connectivity index (χ0) is 11.1. The molecule has 0 saturated carbocycles. The third kappa shape index (κ3) is 4.23. The third-order valence-electron chi connectivity index (χ3n) is 1.84. The first-order valence-corrected chi connectivity index (χ1v) is 4.33. The lowest BCUT2D eigenvalue weighted by molar-refractivity contribution is -0.159. The highest BCUT2D eigenvalue weighted by atomic mass is 16.5. The summed E-state index contributed by atoms with van der Waals surface area (Å²) in [4.78, 5) is 24.3. The molecule has 0 aromatic rings. The molecule has 0 amide bonds. The van der Waals surface area contributed by atoms with E-state index in [1.54, 1.807) is 0 Å². The van der Waals surface area contributed by atoms with Gasteiger partial charge in [0.05, 0.1) is 14.2 Å². The van der Waals surface area contributed by atoms with Crippen molar-refractivity contribution in [2.24, 2.45) is 5.92 Å². The summed E-state index contributed by atoms with van der Waals surface area (Å²) in [5, 5.41) is 0. The van der Waals surface area contributed by atoms with Crippen LogP contribution in [0.25, 0.3) is 0 Å². The molecule has 0 aromatic carbocycles. The minimum absolute atomic E-state index is 0.409. The summed E-state index contributed by atoms with van der Waals surface area (Å²) in [6, 6.07) is 0. The predicted octanol–water partition coefficient (Wildman–Crippen LogP) is -0.0997. The molecule has 0 heterocycles. The van der Waals surface area contributed by atoms with E-state index in [1.165, 1.54) is 14.2 Å². The molecule has 0 aliphatic rings. The lowest BCUT2D eigenvalue weighted by Crippen LogP contribution is -2.30. The summed E-state index contributed by atoms with van der Waals surface area (Å²) in [7, 11) is 6.25. The maximum Gasteiger partial charge on any atom is 0.320 e. The van der Waals surface area contributed by atoms with Gasteiger partial charge in [-0.25, -0.2) is 0 Å². The summed E-state index contributed by atoms with van der Waals surface area (Å²) in [5.74, 6) is -1.90. The Morgan fingerprint density at radius 1 is 1.14 bits per heavy atom. The fraction of sp³-hybridized carbons (Fsp3) is 0.778. The standard InChI is InChI=1S/C9H17NO4/c1-10(2)6-5-7(8(11)13-3)9(12)14-4/h7H,5-6H2,1-4H3. The number of hydrogen-bond acceptors (Lipinski definition) is 5. The van der Waals surface area contributed by atoms with E-state index in [0.717, 1.165) is 0 Å². The molecule has 0 saturated heterocycles. The van der Waals surface area contributed by atoms with Crippen molar-refractivity contribution in [3.05, 3.63) is 0 Å². The fourth-order valence-corrected chi connectivity index (χ4v) is 1.00. The lowest BCUT2D eigenvalue weighted by atomic mass is 10.1. The molecule has 5 heteroatoms. The van der Waals surface area contributed by atoms with Gasteiger partial charge in [-0.2, -0.15) is 0 Å². The Balaban J connectivity index is 4.25. The molecule has 0 N–H and O–H groups in total. The van der Waals surface area contributed by atoms with Gasteiger partial charge in [-0.15, -0.1) is 0 Å². The minimum atomic E-state index is -0.813. The zero-order valence-electron chi connectivity index (χ0n) is 9.07. The van der Waals surface area contributed by atoms with Crippen LogP contribution in [0.3, 0.4) is 0 Å². The monoisotopic (exact) mass is 203 g/mol. The van der Waals surface area contributed by atoms with Crippen LogP contribution in [0.5, 0.6) is 0 Å². The highest BCUT2D eigenvalue weighted by Crippen LogP contribution is 2.08. The molecule has 0 aromatic heterocycles. The van der Waals surface area contributed by atoms with Crippen LogP contribution in [0, 0.1) is 5.92 Å². The molecule has 0 radical (unpaired) electrons. The normalized spacial score (nSPS) is 10.4. The van der Waals surface area contributed by atoms with Gasteiger partial charge in [0.25, 0.3) is 0 Å². The van der Waals surface area contributed by atoms with Gasteiger partial charge >= 0.3 is 11.9 Å². The number of carbonyl (C=O) groups is 2. The average Bonchev–Trinajstić information content (AvgIpc) is 2.16. The van der Waals surface area contributed by atoms with Crippen LogP contribution in [0.15, 0.2) is 0 Å². The van der Waals surface area contributed by atoms with Gasteiger partial charge < -0.3 is 14.4 Å². The largest absolute Gasteiger partial charge is 0.468 e. The molecule has 0 aliphatic carbocycles. The van der Waals surface area contributed by atoms with Crippen molar-refractivity contribution in [3.8, 4) is 0 Å². The van der Waals surface area contributed by atoms with Gasteiger partial charge in [0, 0.05) is 0 Å². The Hall–Kier alpha value is -1.10. The summed E-state index contributed by atoms with van der Waals surface area (Å²) in [6.07, 6.45) is 0.409. The number of methoxy groups -OCH3 is 2. The first kappa shape index (κ1) is 12.9. The highest BCUT2D eigenvalue weighted by molar-refractivity contribution is 5.94. The first-order valence-electron chi connectivity index (χ1n) is 4.33. The number of esters is 2. The molecule has 5 nitrogen and oxygen atoms in total. The summed E-state index contributed by atoms with van der Waals surface area (Å²) >= 11 is 0. The van der Waals surface area contributed by atoms with E-state index < -0.39 is 17.9 Å². The van der Waals surface area contributed by atoms with E-state index in [0.29, 0.717) is 13.0 Å². The Labute approximate surface area is 84.0 Å². The van der Waals surface area contributed by atoms with Crippen molar-refractivity contribution in [2.75, 3.05) is 34.9 Å². The first-order chi connectivity index (χ1) is 6.52. The van der Waals surface area contributed by atoms with Gasteiger partial charge in [-0.1, -0.05) is 0 Å². The van der Waals surface area contributed by atoms with Crippen LogP contribution in [0.2, 0.25) is 0 Å². The molecule has 0 spiro atoms. The molecule has 0 bridgehead atoms. The van der Waals surface area contributed by atoms with Crippen LogP contribution in [0.4, 0.5) is 0 Å². The summed E-state index contributed by atoms with van der Waals surface area (Å²) in [6.45, 7) is 0.634. The van der Waals surface area contributed by atoms with Crippen molar-refractivity contribution < 1.29 is 19.1 Å². The Morgan fingerprint density at radius 3 is 1.86 bits per heavy atom. The third-order valence-corrected chi connectivity index (χ3v) is 1.84. The summed E-state index contributed by atoms with van der Waals surface area (Å²) < 4.78 is 9.02. The molecule has 0 atom stereocenters. The number of nitrogens with zero attached hydrogens (tertiary/aromatic N) is 1. The zero-order valence-corrected chi connectivity index (χ0v) is 9.07. The molecule has 14 heavy (non-hydrogen) atoms. The molecular weight excluding hydrogens is 186 g/mol. The molecule has 0 unspecified atom stereocenters. The molecule has 0 fully saturated rings. The van der Waals surface area contributed by atoms with Gasteiger partial charge in [-0.05, 0) is 27.1 Å². The smallest absolute Gasteiger partial charge is 0.320 e. The van der Waals surface area contributed by atoms with Crippen molar-refractivity contribution in [1.82, 2.24) is 4.90 Å². The van der Waals surface area contributed by atoms with Crippen LogP contribution >= 0.6 is 0 Å². The molecule has 0 rings (SSSR count). The second-order valence-corrected chi connectivity index (χ2v) is 3.19. The van der Waals surface area contributed by atoms with Crippen molar-refractivity contribution in [2.45, 2.75) is 6.42 Å². The van der Waals surface area contributed by atoms with Gasteiger partial charge in [0.15, 0.2) is 5.92 Å². The van der Waals surface area contributed by atoms with Crippen LogP contribution in [0.1, 0.15) is 6.42 Å². The number of hydrogen-bond donors (Lipinski definition) is 0. The Morgan fingerprint density at radius 2 is 1.57 bits per heavy atom. The highest BCUT2D eigenvalue weighted by Gasteiger charge is 2.28. The fourth-order valence-electron chi connectivity index (χ4n) is 1.00. The van der Waals surface area contributed by atoms with Gasteiger partial charge in [0.2, 0.25) is 0 Å². The van der Waals surface area contributed by atoms with Crippen LogP contribution in [-0.2, 0) is 19.1 Å². The number of carbonyl (C=O) groups excluding carboxylic acids is 2. The molecule has 82 valence electrons.